The molecule has 0 radical (unpaired) electrons. The number of carbonyl (C=O) groups excluding carboxylic acids is 1. The summed E-state index contributed by atoms with van der Waals surface area (Å²) in [6.07, 6.45) is 3.75. The summed E-state index contributed by atoms with van der Waals surface area (Å²) >= 11 is 13.4. The molecule has 8 heteroatoms. The Hall–Kier alpha value is -2.28. The van der Waals surface area contributed by atoms with Crippen LogP contribution in [0, 0.1) is 0 Å². The molecule has 2 N–H and O–H groups in total. The first-order valence-corrected chi connectivity index (χ1v) is 11.2. The molecule has 1 fully saturated rings. The van der Waals surface area contributed by atoms with Crippen LogP contribution in [-0.2, 0) is 0 Å². The van der Waals surface area contributed by atoms with Crippen molar-refractivity contribution in [3.05, 3.63) is 52.1 Å². The van der Waals surface area contributed by atoms with Crippen molar-refractivity contribution in [2.45, 2.75) is 31.8 Å². The minimum atomic E-state index is -0.273. The number of urea groups is 1. The fourth-order valence-corrected chi connectivity index (χ4v) is 4.83. The number of likely N-dealkylation sites (tertiary alicyclic amines) is 1. The molecule has 0 saturated carbocycles. The van der Waals surface area contributed by atoms with Gasteiger partial charge in [0.15, 0.2) is 0 Å². The van der Waals surface area contributed by atoms with E-state index in [0.717, 1.165) is 53.5 Å². The SMILES string of the molecule is CC(NC(=O)N(C)C1CCN(C)CC1)c1ccc(-c2cccc3[nH]ncc23)c(Cl)c1Cl. The Labute approximate surface area is 192 Å². The van der Waals surface area contributed by atoms with Crippen molar-refractivity contribution in [2.24, 2.45) is 0 Å². The van der Waals surface area contributed by atoms with Crippen molar-refractivity contribution in [2.75, 3.05) is 27.2 Å². The highest BCUT2D eigenvalue weighted by Crippen LogP contribution is 2.40. The van der Waals surface area contributed by atoms with Crippen LogP contribution >= 0.6 is 23.2 Å². The highest BCUT2D eigenvalue weighted by atomic mass is 35.5. The van der Waals surface area contributed by atoms with Crippen molar-refractivity contribution >= 4 is 40.1 Å². The van der Waals surface area contributed by atoms with Gasteiger partial charge in [-0.1, -0.05) is 47.5 Å². The maximum atomic E-state index is 12.8. The van der Waals surface area contributed by atoms with E-state index in [2.05, 4.69) is 27.5 Å². The molecule has 0 spiro atoms. The van der Waals surface area contributed by atoms with Gasteiger partial charge in [-0.3, -0.25) is 5.10 Å². The molecular weight excluding hydrogens is 433 g/mol. The Bertz CT molecular complexity index is 1090. The van der Waals surface area contributed by atoms with Crippen LogP contribution < -0.4 is 5.32 Å². The monoisotopic (exact) mass is 459 g/mol. The molecule has 2 aromatic carbocycles. The van der Waals surface area contributed by atoms with Crippen LogP contribution in [0.3, 0.4) is 0 Å². The molecule has 1 unspecified atom stereocenters. The third-order valence-electron chi connectivity index (χ3n) is 6.25. The van der Waals surface area contributed by atoms with Crippen LogP contribution in [0.25, 0.3) is 22.0 Å². The number of aromatic amines is 1. The number of aromatic nitrogens is 2. The number of rotatable bonds is 4. The molecule has 1 aliphatic heterocycles. The summed E-state index contributed by atoms with van der Waals surface area (Å²) in [5.74, 6) is 0. The zero-order valence-electron chi connectivity index (χ0n) is 18.0. The van der Waals surface area contributed by atoms with Crippen LogP contribution in [0.1, 0.15) is 31.4 Å². The topological polar surface area (TPSA) is 64.3 Å². The zero-order chi connectivity index (χ0) is 22.1. The molecule has 164 valence electrons. The van der Waals surface area contributed by atoms with E-state index >= 15 is 0 Å². The fourth-order valence-electron chi connectivity index (χ4n) is 4.22. The highest BCUT2D eigenvalue weighted by molar-refractivity contribution is 6.44. The van der Waals surface area contributed by atoms with Gasteiger partial charge in [-0.2, -0.15) is 5.10 Å². The minimum Gasteiger partial charge on any atom is -0.331 e. The molecule has 3 aromatic rings. The van der Waals surface area contributed by atoms with E-state index in [1.54, 1.807) is 6.20 Å². The maximum absolute atomic E-state index is 12.8. The van der Waals surface area contributed by atoms with Crippen molar-refractivity contribution in [1.29, 1.82) is 0 Å². The molecule has 31 heavy (non-hydrogen) atoms. The van der Waals surface area contributed by atoms with E-state index < -0.39 is 0 Å². The summed E-state index contributed by atoms with van der Waals surface area (Å²) < 4.78 is 0. The quantitative estimate of drug-likeness (QED) is 0.553. The van der Waals surface area contributed by atoms with E-state index in [1.807, 2.05) is 49.2 Å². The summed E-state index contributed by atoms with van der Waals surface area (Å²) in [6, 6.07) is 9.69. The lowest BCUT2D eigenvalue weighted by molar-refractivity contribution is 0.146. The zero-order valence-corrected chi connectivity index (χ0v) is 19.5. The van der Waals surface area contributed by atoms with Crippen molar-refractivity contribution in [1.82, 2.24) is 25.3 Å². The molecule has 1 atom stereocenters. The van der Waals surface area contributed by atoms with E-state index in [4.69, 9.17) is 23.2 Å². The average molecular weight is 460 g/mol. The number of halogens is 2. The largest absolute Gasteiger partial charge is 0.331 e. The van der Waals surface area contributed by atoms with Gasteiger partial charge in [-0.15, -0.1) is 0 Å². The highest BCUT2D eigenvalue weighted by Gasteiger charge is 2.26. The van der Waals surface area contributed by atoms with Crippen LogP contribution in [-0.4, -0.2) is 59.3 Å². The number of nitrogens with one attached hydrogen (secondary N) is 2. The molecule has 1 aliphatic rings. The summed E-state index contributed by atoms with van der Waals surface area (Å²) in [5, 5.41) is 12.1. The third kappa shape index (κ3) is 4.38. The smallest absolute Gasteiger partial charge is 0.317 e. The molecule has 1 aromatic heterocycles. The summed E-state index contributed by atoms with van der Waals surface area (Å²) in [7, 11) is 3.97. The molecule has 0 aliphatic carbocycles. The van der Waals surface area contributed by atoms with Gasteiger partial charge in [-0.25, -0.2) is 4.79 Å². The predicted octanol–water partition coefficient (Wildman–Crippen LogP) is 5.33. The van der Waals surface area contributed by atoms with Gasteiger partial charge in [-0.05, 0) is 57.1 Å². The third-order valence-corrected chi connectivity index (χ3v) is 7.15. The molecule has 4 rings (SSSR count). The van der Waals surface area contributed by atoms with Crippen molar-refractivity contribution in [3.63, 3.8) is 0 Å². The Kier molecular flexibility index (Phi) is 6.42. The molecule has 6 nitrogen and oxygen atoms in total. The normalized spacial score (nSPS) is 16.4. The Morgan fingerprint density at radius 1 is 1.19 bits per heavy atom. The first-order valence-electron chi connectivity index (χ1n) is 10.5. The second kappa shape index (κ2) is 9.07. The van der Waals surface area contributed by atoms with Crippen LogP contribution in [0.2, 0.25) is 10.0 Å². The number of hydrogen-bond acceptors (Lipinski definition) is 3. The maximum Gasteiger partial charge on any atom is 0.317 e. The fraction of sp³-hybridized carbons (Fsp3) is 0.391. The van der Waals surface area contributed by atoms with Gasteiger partial charge in [0.2, 0.25) is 0 Å². The number of nitrogens with zero attached hydrogens (tertiary/aromatic N) is 3. The number of carbonyl (C=O) groups is 1. The molecule has 2 heterocycles. The first kappa shape index (κ1) is 21.9. The summed E-state index contributed by atoms with van der Waals surface area (Å²) in [4.78, 5) is 16.9. The number of hydrogen-bond donors (Lipinski definition) is 2. The van der Waals surface area contributed by atoms with E-state index in [9.17, 15) is 4.79 Å². The lowest BCUT2D eigenvalue weighted by atomic mass is 9.98. The number of H-pyrrole nitrogens is 1. The van der Waals surface area contributed by atoms with Gasteiger partial charge in [0.1, 0.15) is 0 Å². The van der Waals surface area contributed by atoms with Gasteiger partial charge < -0.3 is 15.1 Å². The standard InChI is InChI=1S/C23H27Cl2N5O/c1-14(27-23(31)30(3)15-9-11-29(2)12-10-15)16-7-8-18(22(25)21(16)24)17-5-4-6-20-19(17)13-26-28-20/h4-8,13-15H,9-12H2,1-3H3,(H,26,28)(H,27,31). The van der Waals surface area contributed by atoms with Crippen molar-refractivity contribution < 1.29 is 4.79 Å². The summed E-state index contributed by atoms with van der Waals surface area (Å²) in [5.41, 5.74) is 3.53. The van der Waals surface area contributed by atoms with Gasteiger partial charge >= 0.3 is 6.03 Å². The van der Waals surface area contributed by atoms with Gasteiger partial charge in [0, 0.05) is 24.0 Å². The van der Waals surface area contributed by atoms with Gasteiger partial charge in [0.25, 0.3) is 0 Å². The first-order chi connectivity index (χ1) is 14.9. The Morgan fingerprint density at radius 3 is 2.68 bits per heavy atom. The van der Waals surface area contributed by atoms with E-state index in [0.29, 0.717) is 10.0 Å². The van der Waals surface area contributed by atoms with Crippen LogP contribution in [0.5, 0.6) is 0 Å². The molecule has 1 saturated heterocycles. The number of benzene rings is 2. The van der Waals surface area contributed by atoms with Gasteiger partial charge in [0.05, 0.1) is 27.8 Å². The Morgan fingerprint density at radius 2 is 1.94 bits per heavy atom. The molecule has 2 amide bonds. The second-order valence-corrected chi connectivity index (χ2v) is 9.04. The number of amides is 2. The average Bonchev–Trinajstić information content (AvgIpc) is 3.24. The van der Waals surface area contributed by atoms with E-state index in [1.165, 1.54) is 0 Å². The molecule has 0 bridgehead atoms. The van der Waals surface area contributed by atoms with Crippen LogP contribution in [0.15, 0.2) is 36.5 Å². The predicted molar refractivity (Wildman–Crippen MR) is 127 cm³/mol. The molecular formula is C23H27Cl2N5O. The number of fused-ring (bicyclic) bond motifs is 1. The lowest BCUT2D eigenvalue weighted by Gasteiger charge is -2.35. The number of piperidine rings is 1. The van der Waals surface area contributed by atoms with Crippen LogP contribution in [0.4, 0.5) is 4.79 Å². The van der Waals surface area contributed by atoms with E-state index in [-0.39, 0.29) is 18.1 Å². The Balaban J connectivity index is 1.53. The summed E-state index contributed by atoms with van der Waals surface area (Å²) in [6.45, 7) is 3.93. The second-order valence-electron chi connectivity index (χ2n) is 8.28. The lowest BCUT2D eigenvalue weighted by Crippen LogP contribution is -2.48. The van der Waals surface area contributed by atoms with Crippen molar-refractivity contribution in [3.8, 4) is 11.1 Å². The minimum absolute atomic E-state index is 0.0958.